The average molecular weight is 403 g/mol. The maximum Gasteiger partial charge on any atom is 0.285 e. The molecule has 0 spiro atoms. The molecule has 0 N–H and O–H groups in total. The number of carbonyl (C=O) groups excluding carboxylic acids is 1. The Kier molecular flexibility index (Phi) is 4.66. The van der Waals surface area contributed by atoms with Crippen LogP contribution in [0.1, 0.15) is 36.0 Å². The van der Waals surface area contributed by atoms with Gasteiger partial charge in [-0.25, -0.2) is 0 Å². The van der Waals surface area contributed by atoms with Crippen molar-refractivity contribution in [2.75, 3.05) is 26.7 Å². The van der Waals surface area contributed by atoms with Crippen molar-refractivity contribution in [3.8, 4) is 0 Å². The highest BCUT2D eigenvalue weighted by molar-refractivity contribution is 7.90. The van der Waals surface area contributed by atoms with Gasteiger partial charge < -0.3 is 14.3 Å². The first-order valence-electron chi connectivity index (χ1n) is 9.08. The number of amidine groups is 1. The van der Waals surface area contributed by atoms with Crippen LogP contribution >= 0.6 is 0 Å². The normalized spacial score (nSPS) is 20.6. The first kappa shape index (κ1) is 18.6. The molecule has 4 rings (SSSR count). The fourth-order valence-corrected chi connectivity index (χ4v) is 4.88. The summed E-state index contributed by atoms with van der Waals surface area (Å²) < 4.78 is 33.6. The summed E-state index contributed by atoms with van der Waals surface area (Å²) in [7, 11) is -2.03. The summed E-state index contributed by atoms with van der Waals surface area (Å²) >= 11 is 0. The molecule has 2 aliphatic rings. The van der Waals surface area contributed by atoms with Gasteiger partial charge in [0.1, 0.15) is 4.90 Å². The molecule has 9 nitrogen and oxygen atoms in total. The van der Waals surface area contributed by atoms with Gasteiger partial charge in [0.05, 0.1) is 12.5 Å². The van der Waals surface area contributed by atoms with Gasteiger partial charge >= 0.3 is 0 Å². The van der Waals surface area contributed by atoms with Crippen LogP contribution in [0.5, 0.6) is 0 Å². The lowest BCUT2D eigenvalue weighted by Crippen LogP contribution is -2.45. The van der Waals surface area contributed by atoms with Crippen LogP contribution in [-0.4, -0.2) is 66.8 Å². The van der Waals surface area contributed by atoms with Crippen molar-refractivity contribution >= 4 is 21.8 Å². The maximum absolute atomic E-state index is 12.8. The van der Waals surface area contributed by atoms with Gasteiger partial charge in [0, 0.05) is 25.7 Å². The van der Waals surface area contributed by atoms with Gasteiger partial charge in [-0.2, -0.15) is 13.4 Å². The Bertz CT molecular complexity index is 1050. The van der Waals surface area contributed by atoms with Crippen molar-refractivity contribution in [2.24, 2.45) is 4.40 Å². The number of likely N-dealkylation sites (tertiary alicyclic amines) is 1. The molecule has 1 unspecified atom stereocenters. The van der Waals surface area contributed by atoms with Crippen LogP contribution in [0.25, 0.3) is 0 Å². The van der Waals surface area contributed by atoms with E-state index in [1.165, 1.54) is 6.07 Å². The monoisotopic (exact) mass is 403 g/mol. The van der Waals surface area contributed by atoms with Gasteiger partial charge in [0.2, 0.25) is 11.8 Å². The van der Waals surface area contributed by atoms with Crippen molar-refractivity contribution < 1.29 is 17.7 Å². The third-order valence-corrected chi connectivity index (χ3v) is 6.34. The molecule has 10 heteroatoms. The predicted octanol–water partition coefficient (Wildman–Crippen LogP) is 1.16. The molecule has 0 saturated carbocycles. The first-order valence-corrected chi connectivity index (χ1v) is 10.5. The molecule has 1 saturated heterocycles. The molecule has 3 heterocycles. The molecule has 0 aliphatic carbocycles. The Balaban J connectivity index is 1.46. The second kappa shape index (κ2) is 7.01. The van der Waals surface area contributed by atoms with E-state index in [0.717, 1.165) is 12.8 Å². The predicted molar refractivity (Wildman–Crippen MR) is 100 cm³/mol. The third kappa shape index (κ3) is 3.39. The molecule has 2 aliphatic heterocycles. The number of rotatable bonds is 3. The summed E-state index contributed by atoms with van der Waals surface area (Å²) in [6, 6.07) is 6.65. The van der Waals surface area contributed by atoms with Crippen LogP contribution in [0.15, 0.2) is 38.1 Å². The Morgan fingerprint density at radius 2 is 2.14 bits per heavy atom. The van der Waals surface area contributed by atoms with Crippen molar-refractivity contribution in [3.63, 3.8) is 0 Å². The van der Waals surface area contributed by atoms with Gasteiger partial charge in [0.25, 0.3) is 10.0 Å². The van der Waals surface area contributed by atoms with E-state index in [4.69, 9.17) is 4.52 Å². The van der Waals surface area contributed by atoms with E-state index in [-0.39, 0.29) is 23.3 Å². The number of benzene rings is 1. The van der Waals surface area contributed by atoms with E-state index in [2.05, 4.69) is 14.5 Å². The fraction of sp³-hybridized carbons (Fsp3) is 0.444. The number of aromatic nitrogens is 2. The van der Waals surface area contributed by atoms with Gasteiger partial charge in [-0.1, -0.05) is 17.3 Å². The number of sulfonamides is 1. The highest BCUT2D eigenvalue weighted by Gasteiger charge is 2.33. The summed E-state index contributed by atoms with van der Waals surface area (Å²) in [4.78, 5) is 20.6. The zero-order valence-electron chi connectivity index (χ0n) is 15.7. The number of amides is 1. The summed E-state index contributed by atoms with van der Waals surface area (Å²) in [5, 5.41) is 3.83. The molecule has 1 atom stereocenters. The number of piperidine rings is 1. The molecule has 2 aromatic rings. The number of fused-ring (bicyclic) bond motifs is 1. The minimum absolute atomic E-state index is 0.0223. The smallest absolute Gasteiger partial charge is 0.285 e. The van der Waals surface area contributed by atoms with Crippen molar-refractivity contribution in [3.05, 3.63) is 41.5 Å². The number of hydrogen-bond donors (Lipinski definition) is 0. The van der Waals surface area contributed by atoms with Crippen LogP contribution in [-0.2, 0) is 14.8 Å². The van der Waals surface area contributed by atoms with E-state index >= 15 is 0 Å². The van der Waals surface area contributed by atoms with E-state index in [1.54, 1.807) is 42.0 Å². The van der Waals surface area contributed by atoms with Crippen LogP contribution < -0.4 is 0 Å². The molecule has 28 heavy (non-hydrogen) atoms. The van der Waals surface area contributed by atoms with Gasteiger partial charge in [0.15, 0.2) is 11.7 Å². The Morgan fingerprint density at radius 1 is 1.36 bits per heavy atom. The molecular formula is C18H21N5O4S. The number of carbonyl (C=O) groups is 1. The lowest BCUT2D eigenvalue weighted by Gasteiger charge is -2.32. The lowest BCUT2D eigenvalue weighted by atomic mass is 9.98. The zero-order chi connectivity index (χ0) is 19.9. The first-order chi connectivity index (χ1) is 13.3. The zero-order valence-corrected chi connectivity index (χ0v) is 16.5. The second-order valence-electron chi connectivity index (χ2n) is 7.10. The highest BCUT2D eigenvalue weighted by Crippen LogP contribution is 2.28. The molecule has 1 aromatic carbocycles. The topological polar surface area (TPSA) is 109 Å². The molecular weight excluding hydrogens is 382 g/mol. The van der Waals surface area contributed by atoms with E-state index in [1.807, 2.05) is 0 Å². The Hall–Kier alpha value is -2.75. The maximum atomic E-state index is 12.8. The summed E-state index contributed by atoms with van der Waals surface area (Å²) in [5.41, 5.74) is 0.524. The summed E-state index contributed by atoms with van der Waals surface area (Å²) in [5.74, 6) is 1.37. The van der Waals surface area contributed by atoms with E-state index in [0.29, 0.717) is 36.2 Å². The molecule has 1 amide bonds. The van der Waals surface area contributed by atoms with Crippen LogP contribution in [0.2, 0.25) is 0 Å². The molecule has 1 fully saturated rings. The molecule has 1 aromatic heterocycles. The number of nitrogens with zero attached hydrogens (tertiary/aromatic N) is 5. The minimum Gasteiger partial charge on any atom is -0.349 e. The largest absolute Gasteiger partial charge is 0.349 e. The summed E-state index contributed by atoms with van der Waals surface area (Å²) in [6.45, 7) is 2.97. The Labute approximate surface area is 163 Å². The number of aryl methyl sites for hydroxylation is 1. The molecule has 148 valence electrons. The fourth-order valence-electron chi connectivity index (χ4n) is 3.63. The minimum atomic E-state index is -3.71. The van der Waals surface area contributed by atoms with Crippen LogP contribution in [0, 0.1) is 6.92 Å². The number of likely N-dealkylation sites (N-methyl/N-ethyl adjacent to an activating group) is 1. The van der Waals surface area contributed by atoms with Crippen molar-refractivity contribution in [2.45, 2.75) is 30.6 Å². The number of hydrogen-bond acceptors (Lipinski definition) is 7. The van der Waals surface area contributed by atoms with Gasteiger partial charge in [-0.15, -0.1) is 4.40 Å². The quantitative estimate of drug-likeness (QED) is 0.756. The SMILES string of the molecule is Cc1noc(C2CCCN(C(=O)CN(C)C3=NS(=O)(=O)c4ccccc43)C2)n1. The van der Waals surface area contributed by atoms with Gasteiger partial charge in [-0.05, 0) is 31.9 Å². The van der Waals surface area contributed by atoms with Crippen LogP contribution in [0.4, 0.5) is 0 Å². The second-order valence-corrected chi connectivity index (χ2v) is 8.67. The Morgan fingerprint density at radius 3 is 2.89 bits per heavy atom. The third-order valence-electron chi connectivity index (χ3n) is 5.01. The average Bonchev–Trinajstić information content (AvgIpc) is 3.23. The standard InChI is InChI=1S/C18H21N5O4S/c1-12-19-18(27-20-12)13-6-5-9-23(10-13)16(24)11-22(2)17-14-7-3-4-8-15(14)28(25,26)21-17/h3-4,7-8,13H,5-6,9-11H2,1-2H3. The molecule has 0 bridgehead atoms. The lowest BCUT2D eigenvalue weighted by molar-refractivity contribution is -0.132. The highest BCUT2D eigenvalue weighted by atomic mass is 32.2. The van der Waals surface area contributed by atoms with Crippen LogP contribution in [0.3, 0.4) is 0 Å². The van der Waals surface area contributed by atoms with Crippen molar-refractivity contribution in [1.29, 1.82) is 0 Å². The van der Waals surface area contributed by atoms with Crippen molar-refractivity contribution in [1.82, 2.24) is 19.9 Å². The van der Waals surface area contributed by atoms with Gasteiger partial charge in [-0.3, -0.25) is 4.79 Å². The van der Waals surface area contributed by atoms with E-state index < -0.39 is 10.0 Å². The van der Waals surface area contributed by atoms with E-state index in [9.17, 15) is 13.2 Å². The summed E-state index contributed by atoms with van der Waals surface area (Å²) in [6.07, 6.45) is 1.74. The molecule has 0 radical (unpaired) electrons.